The van der Waals surface area contributed by atoms with Crippen molar-refractivity contribution in [3.05, 3.63) is 52.0 Å². The molecule has 5 heteroatoms. The zero-order chi connectivity index (χ0) is 15.4. The third-order valence-electron chi connectivity index (χ3n) is 3.15. The largest absolute Gasteiger partial charge is 0.497 e. The maximum Gasteiger partial charge on any atom is 0.122 e. The minimum atomic E-state index is 0.0155. The number of hydrogen-bond donors (Lipinski definition) is 0. The first kappa shape index (κ1) is 16.2. The van der Waals surface area contributed by atoms with Crippen molar-refractivity contribution >= 4 is 31.9 Å². The molecule has 0 radical (unpaired) electrons. The summed E-state index contributed by atoms with van der Waals surface area (Å²) in [4.78, 5) is 0.0155. The van der Waals surface area contributed by atoms with Crippen molar-refractivity contribution in [2.75, 3.05) is 21.3 Å². The number of alkyl halides is 1. The number of benzene rings is 2. The summed E-state index contributed by atoms with van der Waals surface area (Å²) in [5.41, 5.74) is 2.16. The Morgan fingerprint density at radius 1 is 0.810 bits per heavy atom. The zero-order valence-electron chi connectivity index (χ0n) is 12.0. The summed E-state index contributed by atoms with van der Waals surface area (Å²) >= 11 is 7.32. The first-order valence-electron chi connectivity index (χ1n) is 6.29. The lowest BCUT2D eigenvalue weighted by atomic mass is 10.0. The molecule has 0 aliphatic carbocycles. The van der Waals surface area contributed by atoms with Crippen LogP contribution in [0.3, 0.4) is 0 Å². The van der Waals surface area contributed by atoms with E-state index in [-0.39, 0.29) is 4.83 Å². The van der Waals surface area contributed by atoms with E-state index >= 15 is 0 Å². The van der Waals surface area contributed by atoms with Crippen LogP contribution < -0.4 is 14.2 Å². The van der Waals surface area contributed by atoms with Crippen molar-refractivity contribution in [2.24, 2.45) is 0 Å². The molecule has 3 nitrogen and oxygen atoms in total. The van der Waals surface area contributed by atoms with Crippen LogP contribution in [0.25, 0.3) is 0 Å². The van der Waals surface area contributed by atoms with Gasteiger partial charge in [-0.1, -0.05) is 37.9 Å². The summed E-state index contributed by atoms with van der Waals surface area (Å²) in [5, 5.41) is 0. The fraction of sp³-hybridized carbons (Fsp3) is 0.250. The molecule has 0 fully saturated rings. The van der Waals surface area contributed by atoms with Gasteiger partial charge in [-0.2, -0.15) is 0 Å². The fourth-order valence-electron chi connectivity index (χ4n) is 2.00. The van der Waals surface area contributed by atoms with Crippen LogP contribution in [0.1, 0.15) is 16.0 Å². The molecule has 0 saturated heterocycles. The van der Waals surface area contributed by atoms with Gasteiger partial charge in [-0.25, -0.2) is 0 Å². The molecule has 0 bridgehead atoms. The highest BCUT2D eigenvalue weighted by atomic mass is 79.9. The predicted molar refractivity (Wildman–Crippen MR) is 91.0 cm³/mol. The minimum absolute atomic E-state index is 0.0155. The second-order valence-electron chi connectivity index (χ2n) is 4.40. The van der Waals surface area contributed by atoms with Crippen LogP contribution >= 0.6 is 31.9 Å². The first-order valence-corrected chi connectivity index (χ1v) is 8.00. The Labute approximate surface area is 141 Å². The Bertz CT molecular complexity index is 607. The Morgan fingerprint density at radius 2 is 1.38 bits per heavy atom. The van der Waals surface area contributed by atoms with Crippen molar-refractivity contribution in [1.82, 2.24) is 0 Å². The van der Waals surface area contributed by atoms with E-state index in [0.717, 1.165) is 32.8 Å². The molecule has 1 atom stereocenters. The van der Waals surface area contributed by atoms with Gasteiger partial charge in [0.2, 0.25) is 0 Å². The van der Waals surface area contributed by atoms with Crippen molar-refractivity contribution in [3.8, 4) is 17.2 Å². The second-order valence-corrected chi connectivity index (χ2v) is 6.17. The minimum Gasteiger partial charge on any atom is -0.497 e. The molecule has 0 spiro atoms. The average molecular weight is 416 g/mol. The molecular weight excluding hydrogens is 400 g/mol. The second kappa shape index (κ2) is 7.18. The highest BCUT2D eigenvalue weighted by Crippen LogP contribution is 2.39. The maximum atomic E-state index is 5.32. The zero-order valence-corrected chi connectivity index (χ0v) is 15.2. The summed E-state index contributed by atoms with van der Waals surface area (Å²) < 4.78 is 16.8. The Kier molecular flexibility index (Phi) is 5.53. The monoisotopic (exact) mass is 414 g/mol. The first-order chi connectivity index (χ1) is 10.1. The SMILES string of the molecule is COc1cc(OC)cc(C(Br)c2ccc(OC)cc2Br)c1. The topological polar surface area (TPSA) is 27.7 Å². The molecule has 0 aliphatic heterocycles. The molecule has 1 unspecified atom stereocenters. The van der Waals surface area contributed by atoms with E-state index in [1.807, 2.05) is 36.4 Å². The number of methoxy groups -OCH3 is 3. The summed E-state index contributed by atoms with van der Waals surface area (Å²) in [6, 6.07) is 11.7. The normalized spacial score (nSPS) is 11.9. The van der Waals surface area contributed by atoms with Crippen LogP contribution in [-0.4, -0.2) is 21.3 Å². The molecule has 0 aliphatic rings. The van der Waals surface area contributed by atoms with Gasteiger partial charge in [0.25, 0.3) is 0 Å². The summed E-state index contributed by atoms with van der Waals surface area (Å²) in [6.07, 6.45) is 0. The van der Waals surface area contributed by atoms with Crippen molar-refractivity contribution in [1.29, 1.82) is 0 Å². The quantitative estimate of drug-likeness (QED) is 0.646. The van der Waals surface area contributed by atoms with Crippen molar-refractivity contribution in [3.63, 3.8) is 0 Å². The van der Waals surface area contributed by atoms with E-state index in [4.69, 9.17) is 14.2 Å². The van der Waals surface area contributed by atoms with E-state index in [2.05, 4.69) is 31.9 Å². The van der Waals surface area contributed by atoms with Crippen LogP contribution in [0.15, 0.2) is 40.9 Å². The molecule has 0 saturated carbocycles. The highest BCUT2D eigenvalue weighted by molar-refractivity contribution is 9.11. The van der Waals surface area contributed by atoms with E-state index in [0.29, 0.717) is 0 Å². The molecule has 112 valence electrons. The van der Waals surface area contributed by atoms with Gasteiger partial charge in [-0.3, -0.25) is 0 Å². The Hall–Kier alpha value is -1.20. The van der Waals surface area contributed by atoms with E-state index in [1.54, 1.807) is 21.3 Å². The third-order valence-corrected chi connectivity index (χ3v) is 4.86. The van der Waals surface area contributed by atoms with Gasteiger partial charge in [-0.05, 0) is 35.4 Å². The Morgan fingerprint density at radius 3 is 1.86 bits per heavy atom. The Balaban J connectivity index is 2.41. The number of rotatable bonds is 5. The molecule has 2 aromatic carbocycles. The van der Waals surface area contributed by atoms with Gasteiger partial charge < -0.3 is 14.2 Å². The molecule has 0 N–H and O–H groups in total. The fourth-order valence-corrected chi connectivity index (χ4v) is 3.55. The molecule has 0 aromatic heterocycles. The molecule has 2 aromatic rings. The predicted octanol–water partition coefficient (Wildman–Crippen LogP) is 4.96. The van der Waals surface area contributed by atoms with Crippen LogP contribution in [-0.2, 0) is 0 Å². The van der Waals surface area contributed by atoms with Crippen molar-refractivity contribution < 1.29 is 14.2 Å². The van der Waals surface area contributed by atoms with Gasteiger partial charge in [0.1, 0.15) is 17.2 Å². The number of hydrogen-bond acceptors (Lipinski definition) is 3. The molecule has 0 amide bonds. The lowest BCUT2D eigenvalue weighted by molar-refractivity contribution is 0.393. The van der Waals surface area contributed by atoms with Crippen LogP contribution in [0.4, 0.5) is 0 Å². The van der Waals surface area contributed by atoms with Crippen LogP contribution in [0, 0.1) is 0 Å². The molecule has 0 heterocycles. The molecular formula is C16H16Br2O3. The van der Waals surface area contributed by atoms with E-state index < -0.39 is 0 Å². The van der Waals surface area contributed by atoms with E-state index in [9.17, 15) is 0 Å². The number of ether oxygens (including phenoxy) is 3. The van der Waals surface area contributed by atoms with Gasteiger partial charge in [0.15, 0.2) is 0 Å². The smallest absolute Gasteiger partial charge is 0.122 e. The molecule has 21 heavy (non-hydrogen) atoms. The van der Waals surface area contributed by atoms with Gasteiger partial charge in [0.05, 0.1) is 26.2 Å². The van der Waals surface area contributed by atoms with Gasteiger partial charge in [0, 0.05) is 10.5 Å². The summed E-state index contributed by atoms with van der Waals surface area (Å²) in [6.45, 7) is 0. The maximum absolute atomic E-state index is 5.32. The lowest BCUT2D eigenvalue weighted by Crippen LogP contribution is -1.97. The third kappa shape index (κ3) is 3.71. The standard InChI is InChI=1S/C16H16Br2O3/c1-19-11-4-5-14(15(17)9-11)16(18)10-6-12(20-2)8-13(7-10)21-3/h4-9,16H,1-3H3. The van der Waals surface area contributed by atoms with E-state index in [1.165, 1.54) is 0 Å². The summed E-state index contributed by atoms with van der Waals surface area (Å²) in [7, 11) is 4.94. The van der Waals surface area contributed by atoms with Gasteiger partial charge >= 0.3 is 0 Å². The highest BCUT2D eigenvalue weighted by Gasteiger charge is 2.16. The van der Waals surface area contributed by atoms with Gasteiger partial charge in [-0.15, -0.1) is 0 Å². The average Bonchev–Trinajstić information content (AvgIpc) is 2.53. The van der Waals surface area contributed by atoms with Crippen LogP contribution in [0.2, 0.25) is 0 Å². The number of halogens is 2. The summed E-state index contributed by atoms with van der Waals surface area (Å²) in [5.74, 6) is 2.34. The molecule has 2 rings (SSSR count). The lowest BCUT2D eigenvalue weighted by Gasteiger charge is -2.16. The van der Waals surface area contributed by atoms with Crippen molar-refractivity contribution in [2.45, 2.75) is 4.83 Å². The van der Waals surface area contributed by atoms with Crippen LogP contribution in [0.5, 0.6) is 17.2 Å².